The third-order valence-corrected chi connectivity index (χ3v) is 5.09. The summed E-state index contributed by atoms with van der Waals surface area (Å²) in [6, 6.07) is 12.7. The van der Waals surface area contributed by atoms with E-state index in [0.717, 1.165) is 25.0 Å². The number of benzene rings is 1. The summed E-state index contributed by atoms with van der Waals surface area (Å²) in [5.41, 5.74) is 1.34. The van der Waals surface area contributed by atoms with Crippen molar-refractivity contribution in [2.24, 2.45) is 0 Å². The Hall–Kier alpha value is -2.89. The number of aryl methyl sites for hydroxylation is 1. The molecular weight excluding hydrogens is 354 g/mol. The fourth-order valence-corrected chi connectivity index (χ4v) is 3.64. The first-order valence-electron chi connectivity index (χ1n) is 9.73. The number of aromatic nitrogens is 1. The lowest BCUT2D eigenvalue weighted by Crippen LogP contribution is -2.49. The van der Waals surface area contributed by atoms with E-state index < -0.39 is 0 Å². The van der Waals surface area contributed by atoms with Crippen molar-refractivity contribution in [1.29, 1.82) is 0 Å². The van der Waals surface area contributed by atoms with Gasteiger partial charge in [0, 0.05) is 23.3 Å². The molecule has 1 aromatic heterocycles. The minimum Gasteiger partial charge on any atom is -0.484 e. The van der Waals surface area contributed by atoms with E-state index in [0.29, 0.717) is 17.1 Å². The lowest BCUT2D eigenvalue weighted by Gasteiger charge is -2.38. The Morgan fingerprint density at radius 2 is 1.79 bits per heavy atom. The normalized spacial score (nSPS) is 19.2. The average molecular weight is 381 g/mol. The molecule has 0 bridgehead atoms. The molecule has 2 aromatic rings. The molecule has 6 heteroatoms. The van der Waals surface area contributed by atoms with Gasteiger partial charge in [-0.1, -0.05) is 6.07 Å². The summed E-state index contributed by atoms with van der Waals surface area (Å²) in [6.45, 7) is 6.05. The van der Waals surface area contributed by atoms with Gasteiger partial charge in [-0.05, 0) is 76.4 Å². The topological polar surface area (TPSA) is 71.5 Å². The second-order valence-electron chi connectivity index (χ2n) is 7.36. The Bertz CT molecular complexity index is 825. The Kier molecular flexibility index (Phi) is 6.29. The zero-order valence-electron chi connectivity index (χ0n) is 16.6. The van der Waals surface area contributed by atoms with Crippen molar-refractivity contribution in [2.75, 3.05) is 11.9 Å². The molecule has 148 valence electrons. The van der Waals surface area contributed by atoms with Crippen molar-refractivity contribution in [2.45, 2.75) is 52.1 Å². The number of carbonyl (C=O) groups excluding carboxylic acids is 2. The van der Waals surface area contributed by atoms with E-state index in [1.807, 2.05) is 24.0 Å². The molecule has 1 N–H and O–H groups in total. The maximum absolute atomic E-state index is 12.5. The molecule has 0 aliphatic carbocycles. The highest BCUT2D eigenvalue weighted by molar-refractivity contribution is 6.03. The van der Waals surface area contributed by atoms with Crippen LogP contribution in [0.25, 0.3) is 0 Å². The lowest BCUT2D eigenvalue weighted by atomic mass is 9.97. The SMILES string of the molecule is Cc1cccc(NC(=O)c2ccc(OCC(=O)N3C(C)CCCC3C)cc2)n1. The number of amides is 2. The molecule has 2 atom stereocenters. The Labute approximate surface area is 165 Å². The number of nitrogens with one attached hydrogen (secondary N) is 1. The zero-order chi connectivity index (χ0) is 20.1. The number of nitrogens with zero attached hydrogens (tertiary/aromatic N) is 2. The maximum Gasteiger partial charge on any atom is 0.260 e. The van der Waals surface area contributed by atoms with Crippen LogP contribution in [0.1, 0.15) is 49.2 Å². The Morgan fingerprint density at radius 3 is 2.43 bits per heavy atom. The van der Waals surface area contributed by atoms with Gasteiger partial charge in [-0.25, -0.2) is 4.98 Å². The van der Waals surface area contributed by atoms with Crippen molar-refractivity contribution in [3.63, 3.8) is 0 Å². The number of pyridine rings is 1. The molecule has 0 saturated carbocycles. The molecule has 0 spiro atoms. The molecule has 1 saturated heterocycles. The summed E-state index contributed by atoms with van der Waals surface area (Å²) in [6.07, 6.45) is 3.24. The Balaban J connectivity index is 1.55. The van der Waals surface area contributed by atoms with Gasteiger partial charge in [0.1, 0.15) is 11.6 Å². The molecule has 3 rings (SSSR count). The standard InChI is InChI=1S/C22H27N3O3/c1-15-6-4-9-20(23-15)24-22(27)18-10-12-19(13-11-18)28-14-21(26)25-16(2)7-5-8-17(25)3/h4,6,9-13,16-17H,5,7-8,14H2,1-3H3,(H,23,24,27). The molecule has 1 fully saturated rings. The van der Waals surface area contributed by atoms with Crippen molar-refractivity contribution in [3.8, 4) is 5.75 Å². The number of carbonyl (C=O) groups is 2. The number of likely N-dealkylation sites (tertiary alicyclic amines) is 1. The molecule has 6 nitrogen and oxygen atoms in total. The lowest BCUT2D eigenvalue weighted by molar-refractivity contribution is -0.139. The van der Waals surface area contributed by atoms with Crippen LogP contribution in [0.4, 0.5) is 5.82 Å². The van der Waals surface area contributed by atoms with Gasteiger partial charge in [0.05, 0.1) is 0 Å². The van der Waals surface area contributed by atoms with E-state index in [1.165, 1.54) is 0 Å². The number of anilines is 1. The van der Waals surface area contributed by atoms with E-state index in [9.17, 15) is 9.59 Å². The van der Waals surface area contributed by atoms with Gasteiger partial charge in [-0.15, -0.1) is 0 Å². The highest BCUT2D eigenvalue weighted by atomic mass is 16.5. The van der Waals surface area contributed by atoms with E-state index >= 15 is 0 Å². The largest absolute Gasteiger partial charge is 0.484 e. The van der Waals surface area contributed by atoms with Gasteiger partial charge in [0.2, 0.25) is 0 Å². The Morgan fingerprint density at radius 1 is 1.11 bits per heavy atom. The molecule has 28 heavy (non-hydrogen) atoms. The van der Waals surface area contributed by atoms with Crippen LogP contribution in [0.15, 0.2) is 42.5 Å². The van der Waals surface area contributed by atoms with Crippen LogP contribution in [-0.2, 0) is 4.79 Å². The molecule has 1 aliphatic heterocycles. The third-order valence-electron chi connectivity index (χ3n) is 5.09. The minimum absolute atomic E-state index is 0.00652. The highest BCUT2D eigenvalue weighted by Gasteiger charge is 2.28. The van der Waals surface area contributed by atoms with E-state index in [-0.39, 0.29) is 30.5 Å². The first kappa shape index (κ1) is 19.9. The van der Waals surface area contributed by atoms with Gasteiger partial charge in [0.15, 0.2) is 6.61 Å². The molecule has 2 unspecified atom stereocenters. The molecular formula is C22H27N3O3. The summed E-state index contributed by atoms with van der Waals surface area (Å²) >= 11 is 0. The summed E-state index contributed by atoms with van der Waals surface area (Å²) in [7, 11) is 0. The quantitative estimate of drug-likeness (QED) is 0.855. The monoisotopic (exact) mass is 381 g/mol. The van der Waals surface area contributed by atoms with Crippen molar-refractivity contribution in [1.82, 2.24) is 9.88 Å². The van der Waals surface area contributed by atoms with Crippen LogP contribution in [0.3, 0.4) is 0 Å². The van der Waals surface area contributed by atoms with Crippen molar-refractivity contribution < 1.29 is 14.3 Å². The summed E-state index contributed by atoms with van der Waals surface area (Å²) in [5, 5.41) is 2.77. The first-order chi connectivity index (χ1) is 13.4. The molecule has 2 heterocycles. The highest BCUT2D eigenvalue weighted by Crippen LogP contribution is 2.23. The van der Waals surface area contributed by atoms with E-state index in [1.54, 1.807) is 30.3 Å². The molecule has 0 radical (unpaired) electrons. The number of hydrogen-bond acceptors (Lipinski definition) is 4. The molecule has 1 aromatic carbocycles. The van der Waals surface area contributed by atoms with Crippen molar-refractivity contribution in [3.05, 3.63) is 53.7 Å². The summed E-state index contributed by atoms with van der Waals surface area (Å²) < 4.78 is 5.65. The fraction of sp³-hybridized carbons (Fsp3) is 0.409. The van der Waals surface area contributed by atoms with Crippen molar-refractivity contribution >= 4 is 17.6 Å². The van der Waals surface area contributed by atoms with Crippen LogP contribution in [0, 0.1) is 6.92 Å². The minimum atomic E-state index is -0.239. The van der Waals surface area contributed by atoms with Crippen LogP contribution in [-0.4, -0.2) is 40.4 Å². The molecule has 1 aliphatic rings. The van der Waals surface area contributed by atoms with Crippen LogP contribution in [0.2, 0.25) is 0 Å². The smallest absolute Gasteiger partial charge is 0.260 e. The van der Waals surface area contributed by atoms with Crippen LogP contribution >= 0.6 is 0 Å². The zero-order valence-corrected chi connectivity index (χ0v) is 16.6. The summed E-state index contributed by atoms with van der Waals surface area (Å²) in [4.78, 5) is 31.1. The van der Waals surface area contributed by atoms with Gasteiger partial charge in [-0.2, -0.15) is 0 Å². The molecule has 2 amide bonds. The first-order valence-corrected chi connectivity index (χ1v) is 9.73. The number of hydrogen-bond donors (Lipinski definition) is 1. The van der Waals surface area contributed by atoms with Gasteiger partial charge in [-0.3, -0.25) is 9.59 Å². The number of rotatable bonds is 5. The van der Waals surface area contributed by atoms with Gasteiger partial charge < -0.3 is 15.0 Å². The second-order valence-corrected chi connectivity index (χ2v) is 7.36. The third kappa shape index (κ3) is 4.88. The van der Waals surface area contributed by atoms with E-state index in [2.05, 4.69) is 24.1 Å². The second kappa shape index (κ2) is 8.87. The van der Waals surface area contributed by atoms with Gasteiger partial charge in [0.25, 0.3) is 11.8 Å². The number of piperidine rings is 1. The fourth-order valence-electron chi connectivity index (χ4n) is 3.64. The van der Waals surface area contributed by atoms with Crippen LogP contribution < -0.4 is 10.1 Å². The van der Waals surface area contributed by atoms with Gasteiger partial charge >= 0.3 is 0 Å². The predicted molar refractivity (Wildman–Crippen MR) is 108 cm³/mol. The maximum atomic E-state index is 12.5. The average Bonchev–Trinajstić information content (AvgIpc) is 2.66. The number of ether oxygens (including phenoxy) is 1. The predicted octanol–water partition coefficient (Wildman–Crippen LogP) is 3.81. The van der Waals surface area contributed by atoms with E-state index in [4.69, 9.17) is 4.74 Å². The summed E-state index contributed by atoms with van der Waals surface area (Å²) in [5.74, 6) is 0.848. The van der Waals surface area contributed by atoms with Crippen LogP contribution in [0.5, 0.6) is 5.75 Å².